The maximum Gasteiger partial charge on any atom is 0.244 e. The average Bonchev–Trinajstić information content (AvgIpc) is 2.89. The summed E-state index contributed by atoms with van der Waals surface area (Å²) in [5.41, 5.74) is 3.95. The Hall–Kier alpha value is -2.43. The van der Waals surface area contributed by atoms with Crippen molar-refractivity contribution < 1.29 is 9.18 Å². The molecule has 1 aromatic carbocycles. The molecule has 1 aromatic heterocycles. The summed E-state index contributed by atoms with van der Waals surface area (Å²) in [6, 6.07) is 6.25. The van der Waals surface area contributed by atoms with Gasteiger partial charge in [0.1, 0.15) is 5.82 Å². The molecule has 0 saturated carbocycles. The fraction of sp³-hybridized carbons (Fsp3) is 0.400. The van der Waals surface area contributed by atoms with Crippen LogP contribution in [-0.2, 0) is 11.2 Å². The number of carbonyl (C=O) groups is 1. The van der Waals surface area contributed by atoms with Crippen LogP contribution < -0.4 is 5.32 Å². The van der Waals surface area contributed by atoms with Crippen molar-refractivity contribution in [3.63, 3.8) is 0 Å². The van der Waals surface area contributed by atoms with Gasteiger partial charge >= 0.3 is 0 Å². The number of hydrogen-bond donors (Lipinski definition) is 1. The van der Waals surface area contributed by atoms with Crippen LogP contribution in [0.3, 0.4) is 0 Å². The number of rotatable bonds is 3. The Morgan fingerprint density at radius 1 is 1.32 bits per heavy atom. The number of carbonyl (C=O) groups excluding carboxylic acids is 1. The van der Waals surface area contributed by atoms with Crippen molar-refractivity contribution in [2.75, 3.05) is 0 Å². The van der Waals surface area contributed by atoms with Gasteiger partial charge in [-0.2, -0.15) is 5.10 Å². The molecule has 0 aliphatic heterocycles. The van der Waals surface area contributed by atoms with E-state index < -0.39 is 0 Å². The first-order valence-corrected chi connectivity index (χ1v) is 8.53. The molecule has 0 bridgehead atoms. The fourth-order valence-electron chi connectivity index (χ4n) is 3.45. The minimum absolute atomic E-state index is 0.0355. The zero-order valence-corrected chi connectivity index (χ0v) is 15.1. The minimum atomic E-state index is -0.267. The van der Waals surface area contributed by atoms with Crippen molar-refractivity contribution in [1.82, 2.24) is 15.1 Å². The van der Waals surface area contributed by atoms with Crippen molar-refractivity contribution in [2.24, 2.45) is 5.41 Å². The summed E-state index contributed by atoms with van der Waals surface area (Å²) in [6.45, 7) is 8.20. The molecule has 1 heterocycles. The molecule has 0 fully saturated rings. The van der Waals surface area contributed by atoms with Crippen molar-refractivity contribution >= 4 is 5.91 Å². The molecule has 0 unspecified atom stereocenters. The first-order chi connectivity index (χ1) is 11.7. The number of nitrogens with one attached hydrogen (secondary N) is 1. The van der Waals surface area contributed by atoms with E-state index in [9.17, 15) is 9.18 Å². The number of fused-ring (bicyclic) bond motifs is 1. The lowest BCUT2D eigenvalue weighted by molar-refractivity contribution is -0.117. The van der Waals surface area contributed by atoms with Crippen molar-refractivity contribution in [3.8, 4) is 5.69 Å². The molecular weight excluding hydrogens is 317 g/mol. The molecule has 2 aromatic rings. The van der Waals surface area contributed by atoms with E-state index in [2.05, 4.69) is 24.3 Å². The minimum Gasteiger partial charge on any atom is -0.346 e. The molecule has 0 spiro atoms. The summed E-state index contributed by atoms with van der Waals surface area (Å²) >= 11 is 0. The summed E-state index contributed by atoms with van der Waals surface area (Å²) in [4.78, 5) is 12.2. The summed E-state index contributed by atoms with van der Waals surface area (Å²) < 4.78 is 15.1. The average molecular weight is 341 g/mol. The molecule has 1 aliphatic rings. The summed E-state index contributed by atoms with van der Waals surface area (Å²) in [7, 11) is 0. The Morgan fingerprint density at radius 3 is 2.64 bits per heavy atom. The van der Waals surface area contributed by atoms with Gasteiger partial charge in [0.2, 0.25) is 5.91 Å². The quantitative estimate of drug-likeness (QED) is 0.854. The Morgan fingerprint density at radius 2 is 2.00 bits per heavy atom. The second-order valence-electron chi connectivity index (χ2n) is 7.76. The third-order valence-electron chi connectivity index (χ3n) is 4.49. The fourth-order valence-corrected chi connectivity index (χ4v) is 3.45. The molecule has 132 valence electrons. The maximum absolute atomic E-state index is 13.2. The summed E-state index contributed by atoms with van der Waals surface area (Å²) in [5.74, 6) is -0.347. The highest BCUT2D eigenvalue weighted by atomic mass is 19.1. The van der Waals surface area contributed by atoms with Crippen LogP contribution >= 0.6 is 0 Å². The molecule has 0 saturated heterocycles. The first kappa shape index (κ1) is 17.4. The summed E-state index contributed by atoms with van der Waals surface area (Å²) in [5, 5.41) is 7.62. The number of hydrogen-bond acceptors (Lipinski definition) is 2. The van der Waals surface area contributed by atoms with Gasteiger partial charge in [-0.3, -0.25) is 4.79 Å². The van der Waals surface area contributed by atoms with Crippen molar-refractivity contribution in [1.29, 1.82) is 0 Å². The van der Waals surface area contributed by atoms with Crippen LogP contribution in [0.25, 0.3) is 5.69 Å². The van der Waals surface area contributed by atoms with Crippen LogP contribution in [0.15, 0.2) is 42.1 Å². The molecule has 25 heavy (non-hydrogen) atoms. The van der Waals surface area contributed by atoms with E-state index in [4.69, 9.17) is 0 Å². The zero-order chi connectivity index (χ0) is 18.2. The zero-order valence-electron chi connectivity index (χ0n) is 15.1. The highest BCUT2D eigenvalue weighted by Crippen LogP contribution is 2.41. The number of amides is 1. The van der Waals surface area contributed by atoms with E-state index in [0.717, 1.165) is 35.4 Å². The van der Waals surface area contributed by atoms with Gasteiger partial charge in [0.05, 0.1) is 23.6 Å². The number of aromatic nitrogens is 2. The largest absolute Gasteiger partial charge is 0.346 e. The normalized spacial score (nSPS) is 18.4. The van der Waals surface area contributed by atoms with Crippen LogP contribution in [0.1, 0.15) is 51.4 Å². The van der Waals surface area contributed by atoms with Gasteiger partial charge in [0.15, 0.2) is 0 Å². The predicted octanol–water partition coefficient (Wildman–Crippen LogP) is 4.11. The van der Waals surface area contributed by atoms with Gasteiger partial charge in [-0.1, -0.05) is 19.4 Å². The van der Waals surface area contributed by atoms with E-state index >= 15 is 0 Å². The number of allylic oxidation sites excluding steroid dienone is 1. The first-order valence-electron chi connectivity index (χ1n) is 8.53. The van der Waals surface area contributed by atoms with Gasteiger partial charge in [-0.15, -0.1) is 0 Å². The number of nitrogens with zero attached hydrogens (tertiary/aromatic N) is 2. The van der Waals surface area contributed by atoms with Crippen molar-refractivity contribution in [3.05, 3.63) is 59.2 Å². The molecule has 5 heteroatoms. The van der Waals surface area contributed by atoms with Gasteiger partial charge in [0.25, 0.3) is 0 Å². The van der Waals surface area contributed by atoms with E-state index in [1.807, 2.05) is 24.7 Å². The van der Waals surface area contributed by atoms with Crippen LogP contribution in [0, 0.1) is 11.2 Å². The molecule has 3 rings (SSSR count). The highest BCUT2D eigenvalue weighted by molar-refractivity contribution is 5.88. The molecule has 1 aliphatic carbocycles. The van der Waals surface area contributed by atoms with Crippen LogP contribution in [0.5, 0.6) is 0 Å². The Balaban J connectivity index is 1.97. The predicted molar refractivity (Wildman–Crippen MR) is 95.9 cm³/mol. The van der Waals surface area contributed by atoms with Gasteiger partial charge in [-0.05, 0) is 56.4 Å². The maximum atomic E-state index is 13.2. The topological polar surface area (TPSA) is 46.9 Å². The lowest BCUT2D eigenvalue weighted by Gasteiger charge is -2.35. The third kappa shape index (κ3) is 3.81. The second kappa shape index (κ2) is 6.47. The molecule has 1 N–H and O–H groups in total. The molecule has 4 nitrogen and oxygen atoms in total. The third-order valence-corrected chi connectivity index (χ3v) is 4.49. The smallest absolute Gasteiger partial charge is 0.244 e. The highest BCUT2D eigenvalue weighted by Gasteiger charge is 2.35. The van der Waals surface area contributed by atoms with Gasteiger partial charge in [-0.25, -0.2) is 9.07 Å². The van der Waals surface area contributed by atoms with E-state index in [1.165, 1.54) is 12.1 Å². The number of halogens is 1. The van der Waals surface area contributed by atoms with Gasteiger partial charge < -0.3 is 5.32 Å². The van der Waals surface area contributed by atoms with E-state index in [-0.39, 0.29) is 23.2 Å². The molecular formula is C20H24FN3O. The molecule has 1 amide bonds. The Labute approximate surface area is 147 Å². The van der Waals surface area contributed by atoms with Crippen molar-refractivity contribution in [2.45, 2.75) is 46.6 Å². The number of benzene rings is 1. The SMILES string of the molecule is CC(C)=CC(=O)N[C@H]1CC(C)(C)Cc2c1cnn2-c1ccc(F)cc1. The standard InChI is InChI=1S/C20H24FN3O/c1-13(2)9-19(25)23-17-10-20(3,4)11-18-16(17)12-22-24(18)15-7-5-14(21)6-8-15/h5-9,12,17H,10-11H2,1-4H3,(H,23,25)/t17-/m0/s1. The molecule has 0 radical (unpaired) electrons. The lowest BCUT2D eigenvalue weighted by atomic mass is 9.74. The van der Waals surface area contributed by atoms with Crippen LogP contribution in [0.4, 0.5) is 4.39 Å². The second-order valence-corrected chi connectivity index (χ2v) is 7.76. The van der Waals surface area contributed by atoms with E-state index in [0.29, 0.717) is 0 Å². The van der Waals surface area contributed by atoms with E-state index in [1.54, 1.807) is 18.2 Å². The Kier molecular flexibility index (Phi) is 4.50. The van der Waals surface area contributed by atoms with Crippen LogP contribution in [0.2, 0.25) is 0 Å². The molecule has 1 atom stereocenters. The van der Waals surface area contributed by atoms with Crippen LogP contribution in [-0.4, -0.2) is 15.7 Å². The lowest BCUT2D eigenvalue weighted by Crippen LogP contribution is -2.36. The summed E-state index contributed by atoms with van der Waals surface area (Å²) in [6.07, 6.45) is 5.15. The Bertz CT molecular complexity index is 814. The monoisotopic (exact) mass is 341 g/mol. The van der Waals surface area contributed by atoms with Gasteiger partial charge in [0, 0.05) is 11.6 Å².